The molecule has 0 aliphatic heterocycles. The Morgan fingerprint density at radius 1 is 0.750 bits per heavy atom. The molecule has 3 rings (SSSR count). The van der Waals surface area contributed by atoms with Crippen LogP contribution >= 0.6 is 0 Å². The number of benzene rings is 3. The molecule has 0 saturated heterocycles. The van der Waals surface area contributed by atoms with Crippen molar-refractivity contribution in [1.29, 1.82) is 0 Å². The first-order valence-corrected chi connectivity index (χ1v) is 10.0. The smallest absolute Gasteiger partial charge is 0.0187 e. The van der Waals surface area contributed by atoms with Gasteiger partial charge in [0, 0.05) is 0 Å². The second-order valence-electron chi connectivity index (χ2n) is 7.75. The normalized spacial score (nSPS) is 11.9. The van der Waals surface area contributed by atoms with Crippen LogP contribution in [0.5, 0.6) is 0 Å². The summed E-state index contributed by atoms with van der Waals surface area (Å²) in [6.45, 7) is 13.1. The van der Waals surface area contributed by atoms with E-state index in [1.54, 1.807) is 0 Å². The quantitative estimate of drug-likeness (QED) is 0.391. The van der Waals surface area contributed by atoms with Crippen LogP contribution in [0.3, 0.4) is 0 Å². The van der Waals surface area contributed by atoms with E-state index in [1.165, 1.54) is 44.5 Å². The molecular weight excluding hydrogens is 336 g/mol. The van der Waals surface area contributed by atoms with Gasteiger partial charge in [0.2, 0.25) is 0 Å². The Kier molecular flexibility index (Phi) is 6.31. The van der Waals surface area contributed by atoms with Crippen LogP contribution in [0, 0.1) is 20.8 Å². The van der Waals surface area contributed by atoms with Gasteiger partial charge in [0.1, 0.15) is 0 Å². The third-order valence-electron chi connectivity index (χ3n) is 5.56. The predicted octanol–water partition coefficient (Wildman–Crippen LogP) is 7.73. The summed E-state index contributed by atoms with van der Waals surface area (Å²) >= 11 is 0. The average molecular weight is 367 g/mol. The van der Waals surface area contributed by atoms with Crippen LogP contribution in [-0.4, -0.2) is 0 Å². The molecule has 0 bridgehead atoms. The molecule has 0 N–H and O–H groups in total. The van der Waals surface area contributed by atoms with Gasteiger partial charge in [-0.05, 0) is 79.5 Å². The van der Waals surface area contributed by atoms with Crippen LogP contribution in [-0.2, 0) is 6.42 Å². The Hall–Kier alpha value is -2.86. The highest BCUT2D eigenvalue weighted by atomic mass is 14.2. The lowest BCUT2D eigenvalue weighted by Crippen LogP contribution is -1.98. The Labute approximate surface area is 170 Å². The molecular formula is C28H30. The minimum absolute atomic E-state index is 1.00. The Morgan fingerprint density at radius 2 is 1.32 bits per heavy atom. The van der Waals surface area contributed by atoms with Gasteiger partial charge in [-0.1, -0.05) is 90.5 Å². The van der Waals surface area contributed by atoms with E-state index in [0.29, 0.717) is 0 Å². The lowest BCUT2D eigenvalue weighted by Gasteiger charge is -2.18. The second-order valence-corrected chi connectivity index (χ2v) is 7.75. The molecule has 0 aliphatic carbocycles. The van der Waals surface area contributed by atoms with Crippen molar-refractivity contribution in [2.24, 2.45) is 0 Å². The van der Waals surface area contributed by atoms with E-state index < -0.39 is 0 Å². The number of rotatable bonds is 6. The highest BCUT2D eigenvalue weighted by Crippen LogP contribution is 2.33. The van der Waals surface area contributed by atoms with Crippen LogP contribution in [0.1, 0.15) is 46.7 Å². The molecule has 0 saturated carbocycles. The maximum Gasteiger partial charge on any atom is -0.0187 e. The van der Waals surface area contributed by atoms with Crippen molar-refractivity contribution < 1.29 is 0 Å². The standard InChI is InChI=1S/C28H30/c1-20-10-14-25(15-11-20)16-19-28(27-9-7-6-8-22(27)3)24(5)23(4)26-17-12-21(2)13-18-26/h6-15,17-18H,4,16,19H2,1-3,5H3/b28-24+. The number of hydrogen-bond donors (Lipinski definition) is 0. The van der Waals surface area contributed by atoms with Crippen molar-refractivity contribution in [3.05, 3.63) is 118 Å². The van der Waals surface area contributed by atoms with Gasteiger partial charge in [-0.2, -0.15) is 0 Å². The van der Waals surface area contributed by atoms with Gasteiger partial charge >= 0.3 is 0 Å². The Bertz CT molecular complexity index is 983. The molecule has 0 amide bonds. The van der Waals surface area contributed by atoms with Crippen LogP contribution < -0.4 is 0 Å². The highest BCUT2D eigenvalue weighted by Gasteiger charge is 2.12. The summed E-state index contributed by atoms with van der Waals surface area (Å²) in [7, 11) is 0. The summed E-state index contributed by atoms with van der Waals surface area (Å²) in [5, 5.41) is 0. The van der Waals surface area contributed by atoms with E-state index in [0.717, 1.165) is 18.4 Å². The van der Waals surface area contributed by atoms with E-state index in [2.05, 4.69) is 107 Å². The number of hydrogen-bond acceptors (Lipinski definition) is 0. The average Bonchev–Trinajstić information content (AvgIpc) is 2.70. The lowest BCUT2D eigenvalue weighted by molar-refractivity contribution is 1.01. The van der Waals surface area contributed by atoms with Crippen LogP contribution in [0.2, 0.25) is 0 Å². The molecule has 0 nitrogen and oxygen atoms in total. The maximum atomic E-state index is 4.44. The van der Waals surface area contributed by atoms with E-state index >= 15 is 0 Å². The SMILES string of the molecule is C=C(/C(C)=C(\CCc1ccc(C)cc1)c1ccccc1C)c1ccc(C)cc1. The summed E-state index contributed by atoms with van der Waals surface area (Å²) < 4.78 is 0. The molecule has 0 fully saturated rings. The summed E-state index contributed by atoms with van der Waals surface area (Å²) in [6.07, 6.45) is 2.03. The summed E-state index contributed by atoms with van der Waals surface area (Å²) in [5.74, 6) is 0. The highest BCUT2D eigenvalue weighted by molar-refractivity contribution is 5.88. The first-order chi connectivity index (χ1) is 13.5. The molecule has 0 heteroatoms. The van der Waals surface area contributed by atoms with E-state index in [4.69, 9.17) is 0 Å². The lowest BCUT2D eigenvalue weighted by atomic mass is 9.87. The monoisotopic (exact) mass is 366 g/mol. The van der Waals surface area contributed by atoms with E-state index in [-0.39, 0.29) is 0 Å². The molecule has 0 aromatic heterocycles. The van der Waals surface area contributed by atoms with Crippen molar-refractivity contribution >= 4 is 11.1 Å². The van der Waals surface area contributed by atoms with Crippen LogP contribution in [0.25, 0.3) is 11.1 Å². The largest absolute Gasteiger partial charge is 0.0909 e. The number of allylic oxidation sites excluding steroid dienone is 3. The minimum Gasteiger partial charge on any atom is -0.0909 e. The van der Waals surface area contributed by atoms with Gasteiger partial charge in [-0.3, -0.25) is 0 Å². The summed E-state index contributed by atoms with van der Waals surface area (Å²) in [6, 6.07) is 26.2. The molecule has 0 atom stereocenters. The van der Waals surface area contributed by atoms with E-state index in [1.807, 2.05) is 0 Å². The second kappa shape index (κ2) is 8.89. The van der Waals surface area contributed by atoms with E-state index in [9.17, 15) is 0 Å². The predicted molar refractivity (Wildman–Crippen MR) is 123 cm³/mol. The first kappa shape index (κ1) is 19.9. The fourth-order valence-corrected chi connectivity index (χ4v) is 3.61. The fraction of sp³-hybridized carbons (Fsp3) is 0.214. The fourth-order valence-electron chi connectivity index (χ4n) is 3.61. The molecule has 3 aromatic carbocycles. The van der Waals surface area contributed by atoms with Gasteiger partial charge in [0.05, 0.1) is 0 Å². The van der Waals surface area contributed by atoms with Crippen molar-refractivity contribution in [3.8, 4) is 0 Å². The van der Waals surface area contributed by atoms with Gasteiger partial charge < -0.3 is 0 Å². The molecule has 3 aromatic rings. The van der Waals surface area contributed by atoms with Gasteiger partial charge in [0.25, 0.3) is 0 Å². The molecule has 0 unspecified atom stereocenters. The summed E-state index contributed by atoms with van der Waals surface area (Å²) in [4.78, 5) is 0. The summed E-state index contributed by atoms with van der Waals surface area (Å²) in [5.41, 5.74) is 11.6. The zero-order valence-corrected chi connectivity index (χ0v) is 17.5. The van der Waals surface area contributed by atoms with Crippen molar-refractivity contribution in [3.63, 3.8) is 0 Å². The van der Waals surface area contributed by atoms with Crippen LogP contribution in [0.15, 0.2) is 84.9 Å². The van der Waals surface area contributed by atoms with Gasteiger partial charge in [-0.15, -0.1) is 0 Å². The third-order valence-corrected chi connectivity index (χ3v) is 5.56. The number of aryl methyl sites for hydroxylation is 4. The molecule has 0 spiro atoms. The van der Waals surface area contributed by atoms with Crippen LogP contribution in [0.4, 0.5) is 0 Å². The molecule has 28 heavy (non-hydrogen) atoms. The molecule has 142 valence electrons. The van der Waals surface area contributed by atoms with Crippen molar-refractivity contribution in [1.82, 2.24) is 0 Å². The van der Waals surface area contributed by atoms with Crippen molar-refractivity contribution in [2.75, 3.05) is 0 Å². The Morgan fingerprint density at radius 3 is 1.93 bits per heavy atom. The zero-order chi connectivity index (χ0) is 20.1. The Balaban J connectivity index is 1.98. The van der Waals surface area contributed by atoms with Gasteiger partial charge in [0.15, 0.2) is 0 Å². The first-order valence-electron chi connectivity index (χ1n) is 10.0. The van der Waals surface area contributed by atoms with Gasteiger partial charge in [-0.25, -0.2) is 0 Å². The molecule has 0 radical (unpaired) electrons. The third kappa shape index (κ3) is 4.70. The zero-order valence-electron chi connectivity index (χ0n) is 17.5. The topological polar surface area (TPSA) is 0 Å². The minimum atomic E-state index is 1.00. The molecule has 0 aliphatic rings. The maximum absolute atomic E-state index is 4.44. The van der Waals surface area contributed by atoms with Crippen molar-refractivity contribution in [2.45, 2.75) is 40.5 Å². The molecule has 0 heterocycles.